The van der Waals surface area contributed by atoms with E-state index < -0.39 is 0 Å². The lowest BCUT2D eigenvalue weighted by atomic mass is 9.91. The third kappa shape index (κ3) is 4.14. The third-order valence-electron chi connectivity index (χ3n) is 5.05. The lowest BCUT2D eigenvalue weighted by molar-refractivity contribution is -0.135. The predicted octanol–water partition coefficient (Wildman–Crippen LogP) is 3.01. The van der Waals surface area contributed by atoms with Crippen molar-refractivity contribution in [1.82, 2.24) is 4.90 Å². The number of nitrogens with zero attached hydrogens (tertiary/aromatic N) is 2. The molecule has 1 aromatic rings. The van der Waals surface area contributed by atoms with Gasteiger partial charge in [0.05, 0.1) is 12.2 Å². The Hall–Kier alpha value is -2.04. The van der Waals surface area contributed by atoms with Gasteiger partial charge in [0.2, 0.25) is 11.8 Å². The lowest BCUT2D eigenvalue weighted by Crippen LogP contribution is -2.43. The highest BCUT2D eigenvalue weighted by Gasteiger charge is 2.27. The van der Waals surface area contributed by atoms with Crippen molar-refractivity contribution >= 4 is 17.5 Å². The van der Waals surface area contributed by atoms with E-state index in [0.717, 1.165) is 30.1 Å². The first kappa shape index (κ1) is 17.8. The minimum atomic E-state index is 0.00149. The van der Waals surface area contributed by atoms with E-state index in [0.29, 0.717) is 25.0 Å². The van der Waals surface area contributed by atoms with Crippen molar-refractivity contribution in [3.05, 3.63) is 23.8 Å². The van der Waals surface area contributed by atoms with Gasteiger partial charge in [-0.05, 0) is 42.9 Å². The number of piperidine rings is 1. The number of hydrogen-bond donors (Lipinski definition) is 0. The molecular formula is C20H28N2O3. The second kappa shape index (κ2) is 7.46. The summed E-state index contributed by atoms with van der Waals surface area (Å²) >= 11 is 0. The van der Waals surface area contributed by atoms with E-state index in [4.69, 9.17) is 4.74 Å². The Morgan fingerprint density at radius 1 is 1.12 bits per heavy atom. The number of anilines is 1. The highest BCUT2D eigenvalue weighted by atomic mass is 16.5. The predicted molar refractivity (Wildman–Crippen MR) is 97.8 cm³/mol. The molecule has 0 aromatic heterocycles. The number of hydrogen-bond acceptors (Lipinski definition) is 3. The summed E-state index contributed by atoms with van der Waals surface area (Å²) in [6.07, 6.45) is 1.72. The molecule has 2 atom stereocenters. The van der Waals surface area contributed by atoms with E-state index in [-0.39, 0.29) is 24.7 Å². The molecule has 1 saturated heterocycles. The molecule has 0 aliphatic carbocycles. The average molecular weight is 344 g/mol. The van der Waals surface area contributed by atoms with Gasteiger partial charge in [-0.3, -0.25) is 9.59 Å². The van der Waals surface area contributed by atoms with Crippen LogP contribution in [-0.2, 0) is 9.59 Å². The number of carbonyl (C=O) groups is 2. The summed E-state index contributed by atoms with van der Waals surface area (Å²) in [5, 5.41) is 0. The van der Waals surface area contributed by atoms with Crippen molar-refractivity contribution in [3.63, 3.8) is 0 Å². The van der Waals surface area contributed by atoms with Crippen LogP contribution in [0, 0.1) is 18.8 Å². The van der Waals surface area contributed by atoms with Crippen LogP contribution in [0.25, 0.3) is 0 Å². The lowest BCUT2D eigenvalue weighted by Gasteiger charge is -2.35. The van der Waals surface area contributed by atoms with Gasteiger partial charge in [0.25, 0.3) is 0 Å². The van der Waals surface area contributed by atoms with Gasteiger partial charge in [0, 0.05) is 25.9 Å². The van der Waals surface area contributed by atoms with Crippen LogP contribution in [0.3, 0.4) is 0 Å². The quantitative estimate of drug-likeness (QED) is 0.847. The minimum Gasteiger partial charge on any atom is -0.490 e. The van der Waals surface area contributed by atoms with Gasteiger partial charge in [-0.15, -0.1) is 0 Å². The molecule has 2 aliphatic heterocycles. The highest BCUT2D eigenvalue weighted by Crippen LogP contribution is 2.33. The molecular weight excluding hydrogens is 316 g/mol. The first-order valence-electron chi connectivity index (χ1n) is 9.25. The SMILES string of the molecule is Cc1ccc2c(c1)N(C(=O)CCC(=O)N1C[C@H](C)C[C@H](C)C1)CCO2. The highest BCUT2D eigenvalue weighted by molar-refractivity contribution is 5.97. The van der Waals surface area contributed by atoms with Crippen molar-refractivity contribution in [2.24, 2.45) is 11.8 Å². The number of amides is 2. The number of carbonyl (C=O) groups excluding carboxylic acids is 2. The van der Waals surface area contributed by atoms with Crippen LogP contribution in [0.1, 0.15) is 38.7 Å². The molecule has 5 heteroatoms. The van der Waals surface area contributed by atoms with Gasteiger partial charge in [-0.1, -0.05) is 19.9 Å². The maximum Gasteiger partial charge on any atom is 0.227 e. The molecule has 1 aromatic carbocycles. The van der Waals surface area contributed by atoms with Crippen LogP contribution in [0.2, 0.25) is 0 Å². The normalized spacial score (nSPS) is 23.0. The Balaban J connectivity index is 1.60. The van der Waals surface area contributed by atoms with Crippen LogP contribution >= 0.6 is 0 Å². The number of benzene rings is 1. The maximum absolute atomic E-state index is 12.7. The fourth-order valence-corrected chi connectivity index (χ4v) is 3.96. The average Bonchev–Trinajstić information content (AvgIpc) is 2.57. The summed E-state index contributed by atoms with van der Waals surface area (Å²) in [5.74, 6) is 1.93. The summed E-state index contributed by atoms with van der Waals surface area (Å²) in [6.45, 7) is 9.05. The van der Waals surface area contributed by atoms with Gasteiger partial charge >= 0.3 is 0 Å². The zero-order valence-electron chi connectivity index (χ0n) is 15.5. The second-order valence-corrected chi connectivity index (χ2v) is 7.61. The molecule has 0 unspecified atom stereocenters. The van der Waals surface area contributed by atoms with E-state index >= 15 is 0 Å². The number of fused-ring (bicyclic) bond motifs is 1. The number of aryl methyl sites for hydroxylation is 1. The summed E-state index contributed by atoms with van der Waals surface area (Å²) < 4.78 is 5.63. The Kier molecular flexibility index (Phi) is 5.30. The van der Waals surface area contributed by atoms with Gasteiger partial charge in [-0.25, -0.2) is 0 Å². The summed E-state index contributed by atoms with van der Waals surface area (Å²) in [4.78, 5) is 28.9. The van der Waals surface area contributed by atoms with E-state index in [2.05, 4.69) is 13.8 Å². The summed E-state index contributed by atoms with van der Waals surface area (Å²) in [5.41, 5.74) is 1.92. The fraction of sp³-hybridized carbons (Fsp3) is 0.600. The zero-order chi connectivity index (χ0) is 18.0. The monoisotopic (exact) mass is 344 g/mol. The second-order valence-electron chi connectivity index (χ2n) is 7.61. The fourth-order valence-electron chi connectivity index (χ4n) is 3.96. The van der Waals surface area contributed by atoms with Gasteiger partial charge in [0.1, 0.15) is 12.4 Å². The van der Waals surface area contributed by atoms with Crippen LogP contribution in [0.5, 0.6) is 5.75 Å². The molecule has 2 aliphatic rings. The summed E-state index contributed by atoms with van der Waals surface area (Å²) in [7, 11) is 0. The number of rotatable bonds is 3. The van der Waals surface area contributed by atoms with Crippen molar-refractivity contribution < 1.29 is 14.3 Å². The molecule has 0 saturated carbocycles. The van der Waals surface area contributed by atoms with Crippen molar-refractivity contribution in [3.8, 4) is 5.75 Å². The molecule has 0 N–H and O–H groups in total. The standard InChI is InChI=1S/C20H28N2O3/c1-14-4-5-18-17(11-14)22(8-9-25-18)20(24)7-6-19(23)21-12-15(2)10-16(3)13-21/h4-5,11,15-16H,6-10,12-13H2,1-3H3/t15-,16+. The van der Waals surface area contributed by atoms with Gasteiger partial charge in [-0.2, -0.15) is 0 Å². The zero-order valence-corrected chi connectivity index (χ0v) is 15.5. The maximum atomic E-state index is 12.7. The molecule has 136 valence electrons. The first-order chi connectivity index (χ1) is 11.9. The van der Waals surface area contributed by atoms with Crippen LogP contribution < -0.4 is 9.64 Å². The molecule has 3 rings (SSSR count). The smallest absolute Gasteiger partial charge is 0.227 e. The van der Waals surface area contributed by atoms with Crippen molar-refractivity contribution in [2.75, 3.05) is 31.1 Å². The molecule has 2 amide bonds. The Morgan fingerprint density at radius 3 is 2.52 bits per heavy atom. The van der Waals surface area contributed by atoms with Gasteiger partial charge in [0.15, 0.2) is 0 Å². The molecule has 2 heterocycles. The molecule has 5 nitrogen and oxygen atoms in total. The molecule has 0 spiro atoms. The van der Waals surface area contributed by atoms with Gasteiger partial charge < -0.3 is 14.5 Å². The minimum absolute atomic E-state index is 0.00149. The van der Waals surface area contributed by atoms with E-state index in [1.165, 1.54) is 6.42 Å². The molecule has 0 radical (unpaired) electrons. The third-order valence-corrected chi connectivity index (χ3v) is 5.05. The van der Waals surface area contributed by atoms with Crippen LogP contribution in [0.4, 0.5) is 5.69 Å². The Morgan fingerprint density at radius 2 is 1.80 bits per heavy atom. The molecule has 1 fully saturated rings. The molecule has 0 bridgehead atoms. The Labute approximate surface area is 149 Å². The van der Waals surface area contributed by atoms with Crippen LogP contribution in [-0.4, -0.2) is 43.0 Å². The van der Waals surface area contributed by atoms with E-state index in [9.17, 15) is 9.59 Å². The Bertz CT molecular complexity index is 648. The van der Waals surface area contributed by atoms with Crippen molar-refractivity contribution in [2.45, 2.75) is 40.0 Å². The van der Waals surface area contributed by atoms with E-state index in [1.54, 1.807) is 4.90 Å². The number of likely N-dealkylation sites (tertiary alicyclic amines) is 1. The van der Waals surface area contributed by atoms with Crippen molar-refractivity contribution in [1.29, 1.82) is 0 Å². The topological polar surface area (TPSA) is 49.9 Å². The first-order valence-corrected chi connectivity index (χ1v) is 9.25. The largest absolute Gasteiger partial charge is 0.490 e. The molecule has 25 heavy (non-hydrogen) atoms. The van der Waals surface area contributed by atoms with E-state index in [1.807, 2.05) is 30.0 Å². The van der Waals surface area contributed by atoms with Crippen LogP contribution in [0.15, 0.2) is 18.2 Å². The summed E-state index contributed by atoms with van der Waals surface area (Å²) in [6, 6.07) is 5.86. The number of ether oxygens (including phenoxy) is 1.